The summed E-state index contributed by atoms with van der Waals surface area (Å²) in [5.74, 6) is -0.679. The Morgan fingerprint density at radius 2 is 2.31 bits per heavy atom. The summed E-state index contributed by atoms with van der Waals surface area (Å²) in [6, 6.07) is 1.92. The molecule has 4 heteroatoms. The predicted octanol–water partition coefficient (Wildman–Crippen LogP) is 3.02. The lowest BCUT2D eigenvalue weighted by Gasteiger charge is -2.37. The van der Waals surface area contributed by atoms with Gasteiger partial charge in [0.05, 0.1) is 0 Å². The smallest absolute Gasteiger partial charge is 0.315 e. The van der Waals surface area contributed by atoms with E-state index in [2.05, 4.69) is 15.9 Å². The second-order valence-corrected chi connectivity index (χ2v) is 5.11. The minimum Gasteiger partial charge on any atom is -0.481 e. The Morgan fingerprint density at radius 3 is 2.62 bits per heavy atom. The number of hydrogen-bond donors (Lipinski definition) is 1. The molecule has 2 nitrogen and oxygen atoms in total. The van der Waals surface area contributed by atoms with Gasteiger partial charge in [0.2, 0.25) is 0 Å². The summed E-state index contributed by atoms with van der Waals surface area (Å²) in [5.41, 5.74) is -0.576. The van der Waals surface area contributed by atoms with Crippen LogP contribution in [0.4, 0.5) is 0 Å². The van der Waals surface area contributed by atoms with Crippen molar-refractivity contribution < 1.29 is 9.90 Å². The standard InChI is InChI=1S/C9H9BrO2S/c10-6-2-5-13-7(6)9(8(11)12)3-1-4-9/h2,5H,1,3-4H2,(H,11,12). The first kappa shape index (κ1) is 9.21. The zero-order valence-corrected chi connectivity index (χ0v) is 9.32. The topological polar surface area (TPSA) is 37.3 Å². The first-order valence-electron chi connectivity index (χ1n) is 4.14. The molecule has 0 bridgehead atoms. The molecule has 0 spiro atoms. The maximum atomic E-state index is 11.1. The molecule has 1 aromatic heterocycles. The highest BCUT2D eigenvalue weighted by molar-refractivity contribution is 9.10. The first-order valence-corrected chi connectivity index (χ1v) is 5.81. The van der Waals surface area contributed by atoms with Crippen LogP contribution in [0.5, 0.6) is 0 Å². The molecule has 1 aliphatic carbocycles. The number of carboxylic acid groups (broad SMARTS) is 1. The second kappa shape index (κ2) is 3.10. The van der Waals surface area contributed by atoms with E-state index in [0.29, 0.717) is 0 Å². The molecule has 1 aromatic rings. The van der Waals surface area contributed by atoms with Gasteiger partial charge in [0.15, 0.2) is 0 Å². The molecule has 0 radical (unpaired) electrons. The van der Waals surface area contributed by atoms with E-state index in [0.717, 1.165) is 28.6 Å². The van der Waals surface area contributed by atoms with Crippen LogP contribution in [0.2, 0.25) is 0 Å². The Balaban J connectivity index is 2.43. The predicted molar refractivity (Wildman–Crippen MR) is 55.2 cm³/mol. The third-order valence-corrected chi connectivity index (χ3v) is 4.71. The van der Waals surface area contributed by atoms with Crippen LogP contribution in [0, 0.1) is 0 Å². The third-order valence-electron chi connectivity index (χ3n) is 2.67. The average molecular weight is 261 g/mol. The maximum absolute atomic E-state index is 11.1. The SMILES string of the molecule is O=C(O)C1(c2sccc2Br)CCC1. The molecule has 0 aromatic carbocycles. The second-order valence-electron chi connectivity index (χ2n) is 3.34. The fraction of sp³-hybridized carbons (Fsp3) is 0.444. The van der Waals surface area contributed by atoms with E-state index in [9.17, 15) is 4.79 Å². The summed E-state index contributed by atoms with van der Waals surface area (Å²) in [6.07, 6.45) is 2.58. The summed E-state index contributed by atoms with van der Waals surface area (Å²) in [7, 11) is 0. The van der Waals surface area contributed by atoms with Crippen LogP contribution in [0.1, 0.15) is 24.1 Å². The Labute approximate surface area is 88.7 Å². The van der Waals surface area contributed by atoms with Gasteiger partial charge in [0, 0.05) is 9.35 Å². The van der Waals surface area contributed by atoms with Gasteiger partial charge >= 0.3 is 5.97 Å². The minimum absolute atomic E-state index is 0.576. The number of thiophene rings is 1. The summed E-state index contributed by atoms with van der Waals surface area (Å²) < 4.78 is 0.944. The van der Waals surface area contributed by atoms with E-state index in [-0.39, 0.29) is 0 Å². The van der Waals surface area contributed by atoms with Crippen molar-refractivity contribution in [2.45, 2.75) is 24.7 Å². The maximum Gasteiger partial charge on any atom is 0.315 e. The van der Waals surface area contributed by atoms with Gasteiger partial charge in [-0.25, -0.2) is 0 Å². The van der Waals surface area contributed by atoms with Crippen LogP contribution in [-0.2, 0) is 10.2 Å². The van der Waals surface area contributed by atoms with Gasteiger partial charge in [0.1, 0.15) is 5.41 Å². The zero-order chi connectivity index (χ0) is 9.47. The minimum atomic E-state index is -0.679. The van der Waals surface area contributed by atoms with E-state index in [4.69, 9.17) is 5.11 Å². The Hall–Kier alpha value is -0.350. The summed E-state index contributed by atoms with van der Waals surface area (Å²) in [5, 5.41) is 11.1. The van der Waals surface area contributed by atoms with Crippen LogP contribution in [0.15, 0.2) is 15.9 Å². The molecular formula is C9H9BrO2S. The summed E-state index contributed by atoms with van der Waals surface area (Å²) in [6.45, 7) is 0. The van der Waals surface area contributed by atoms with E-state index in [1.165, 1.54) is 11.3 Å². The summed E-state index contributed by atoms with van der Waals surface area (Å²) >= 11 is 4.93. The van der Waals surface area contributed by atoms with Gasteiger partial charge in [-0.1, -0.05) is 6.42 Å². The van der Waals surface area contributed by atoms with Gasteiger partial charge in [-0.3, -0.25) is 4.79 Å². The lowest BCUT2D eigenvalue weighted by atomic mass is 9.68. The molecule has 1 aliphatic rings. The molecule has 1 fully saturated rings. The molecule has 13 heavy (non-hydrogen) atoms. The van der Waals surface area contributed by atoms with Crippen molar-refractivity contribution in [2.24, 2.45) is 0 Å². The lowest BCUT2D eigenvalue weighted by Crippen LogP contribution is -2.41. The van der Waals surface area contributed by atoms with E-state index in [1.54, 1.807) is 0 Å². The molecule has 1 saturated carbocycles. The van der Waals surface area contributed by atoms with Crippen molar-refractivity contribution in [3.63, 3.8) is 0 Å². The number of carbonyl (C=O) groups is 1. The van der Waals surface area contributed by atoms with Crippen molar-refractivity contribution in [3.8, 4) is 0 Å². The molecule has 2 rings (SSSR count). The van der Waals surface area contributed by atoms with Crippen molar-refractivity contribution in [1.82, 2.24) is 0 Å². The lowest BCUT2D eigenvalue weighted by molar-refractivity contribution is -0.147. The van der Waals surface area contributed by atoms with Crippen molar-refractivity contribution in [2.75, 3.05) is 0 Å². The zero-order valence-electron chi connectivity index (χ0n) is 6.92. The van der Waals surface area contributed by atoms with Crippen LogP contribution < -0.4 is 0 Å². The number of carboxylic acids is 1. The van der Waals surface area contributed by atoms with Crippen molar-refractivity contribution >= 4 is 33.2 Å². The Morgan fingerprint density at radius 1 is 1.62 bits per heavy atom. The molecule has 0 unspecified atom stereocenters. The Kier molecular flexibility index (Phi) is 2.20. The number of rotatable bonds is 2. The largest absolute Gasteiger partial charge is 0.481 e. The highest BCUT2D eigenvalue weighted by Gasteiger charge is 2.47. The molecule has 1 N–H and O–H groups in total. The molecule has 0 saturated heterocycles. The van der Waals surface area contributed by atoms with E-state index < -0.39 is 11.4 Å². The van der Waals surface area contributed by atoms with Gasteiger partial charge in [-0.15, -0.1) is 11.3 Å². The highest BCUT2D eigenvalue weighted by atomic mass is 79.9. The van der Waals surface area contributed by atoms with E-state index >= 15 is 0 Å². The van der Waals surface area contributed by atoms with Crippen LogP contribution in [0.25, 0.3) is 0 Å². The van der Waals surface area contributed by atoms with Crippen molar-refractivity contribution in [1.29, 1.82) is 0 Å². The third kappa shape index (κ3) is 1.23. The first-order chi connectivity index (χ1) is 6.17. The number of hydrogen-bond acceptors (Lipinski definition) is 2. The van der Waals surface area contributed by atoms with Crippen LogP contribution in [-0.4, -0.2) is 11.1 Å². The van der Waals surface area contributed by atoms with Crippen molar-refractivity contribution in [3.05, 3.63) is 20.8 Å². The van der Waals surface area contributed by atoms with Crippen LogP contribution in [0.3, 0.4) is 0 Å². The average Bonchev–Trinajstić information content (AvgIpc) is 2.34. The fourth-order valence-electron chi connectivity index (χ4n) is 1.70. The normalized spacial score (nSPS) is 19.5. The van der Waals surface area contributed by atoms with Gasteiger partial charge < -0.3 is 5.11 Å². The van der Waals surface area contributed by atoms with Crippen LogP contribution >= 0.6 is 27.3 Å². The molecule has 1 heterocycles. The van der Waals surface area contributed by atoms with Gasteiger partial charge in [0.25, 0.3) is 0 Å². The molecule has 0 atom stereocenters. The molecule has 70 valence electrons. The highest BCUT2D eigenvalue weighted by Crippen LogP contribution is 2.48. The number of aliphatic carboxylic acids is 1. The fourth-order valence-corrected chi connectivity index (χ4v) is 3.71. The number of halogens is 1. The quantitative estimate of drug-likeness (QED) is 0.888. The summed E-state index contributed by atoms with van der Waals surface area (Å²) in [4.78, 5) is 12.1. The molecule has 0 aliphatic heterocycles. The molecular weight excluding hydrogens is 252 g/mol. The van der Waals surface area contributed by atoms with Gasteiger partial charge in [-0.05, 0) is 40.2 Å². The molecule has 0 amide bonds. The van der Waals surface area contributed by atoms with Gasteiger partial charge in [-0.2, -0.15) is 0 Å². The monoisotopic (exact) mass is 260 g/mol. The van der Waals surface area contributed by atoms with E-state index in [1.807, 2.05) is 11.4 Å². The Bertz CT molecular complexity index is 341.